The van der Waals surface area contributed by atoms with Gasteiger partial charge in [-0.3, -0.25) is 0 Å². The van der Waals surface area contributed by atoms with Gasteiger partial charge in [0.15, 0.2) is 6.61 Å². The minimum atomic E-state index is -2.85. The third kappa shape index (κ3) is 3.76. The molecule has 2 N–H and O–H groups in total. The van der Waals surface area contributed by atoms with Gasteiger partial charge in [0.1, 0.15) is 5.75 Å². The summed E-state index contributed by atoms with van der Waals surface area (Å²) in [6, 6.07) is 5.25. The summed E-state index contributed by atoms with van der Waals surface area (Å²) in [7, 11) is 0. The van der Waals surface area contributed by atoms with Crippen molar-refractivity contribution in [3.05, 3.63) is 28.2 Å². The zero-order chi connectivity index (χ0) is 11.5. The summed E-state index contributed by atoms with van der Waals surface area (Å²) < 4.78 is 30.9. The van der Waals surface area contributed by atoms with Gasteiger partial charge in [0.25, 0.3) is 5.92 Å². The van der Waals surface area contributed by atoms with Crippen LogP contribution in [0, 0.1) is 0 Å². The number of nitrogens with two attached hydrogens (primary N) is 1. The molecule has 0 bridgehead atoms. The first kappa shape index (κ1) is 12.4. The first-order chi connectivity index (χ1) is 6.94. The van der Waals surface area contributed by atoms with E-state index in [1.54, 1.807) is 18.2 Å². The Morgan fingerprint density at radius 1 is 1.47 bits per heavy atom. The number of ether oxygens (including phenoxy) is 1. The largest absolute Gasteiger partial charge is 0.486 e. The van der Waals surface area contributed by atoms with E-state index in [4.69, 9.17) is 10.5 Å². The van der Waals surface area contributed by atoms with Crippen LogP contribution in [0.25, 0.3) is 0 Å². The molecule has 0 aliphatic rings. The topological polar surface area (TPSA) is 35.2 Å². The maximum Gasteiger partial charge on any atom is 0.278 e. The molecule has 2 nitrogen and oxygen atoms in total. The third-order valence-corrected chi connectivity index (χ3v) is 2.36. The van der Waals surface area contributed by atoms with Gasteiger partial charge in [0.2, 0.25) is 0 Å². The highest BCUT2D eigenvalue weighted by atomic mass is 79.9. The van der Waals surface area contributed by atoms with Crippen LogP contribution >= 0.6 is 15.9 Å². The number of rotatable bonds is 4. The van der Waals surface area contributed by atoms with Gasteiger partial charge in [-0.15, -0.1) is 0 Å². The lowest BCUT2D eigenvalue weighted by Crippen LogP contribution is -2.21. The Kier molecular flexibility index (Phi) is 4.04. The molecule has 0 spiro atoms. The maximum atomic E-state index is 12.6. The van der Waals surface area contributed by atoms with Crippen LogP contribution in [0.1, 0.15) is 12.5 Å². The Hall–Kier alpha value is -0.680. The van der Waals surface area contributed by atoms with Crippen LogP contribution in [0.15, 0.2) is 22.7 Å². The van der Waals surface area contributed by atoms with E-state index in [2.05, 4.69) is 15.9 Å². The van der Waals surface area contributed by atoms with Gasteiger partial charge in [-0.05, 0) is 22.0 Å². The molecular weight excluding hydrogens is 268 g/mol. The molecule has 1 rings (SSSR count). The summed E-state index contributed by atoms with van der Waals surface area (Å²) in [5.41, 5.74) is 6.17. The Morgan fingerprint density at radius 3 is 2.67 bits per heavy atom. The normalized spacial score (nSPS) is 11.5. The average molecular weight is 280 g/mol. The standard InChI is InChI=1S/C10H12BrF2NO/c1-10(12,13)6-15-9-7(5-14)3-2-4-8(9)11/h2-4H,5-6,14H2,1H3. The molecule has 0 fully saturated rings. The van der Waals surface area contributed by atoms with Crippen LogP contribution in [0.4, 0.5) is 8.78 Å². The second kappa shape index (κ2) is 4.90. The summed E-state index contributed by atoms with van der Waals surface area (Å²) in [6.45, 7) is 0.415. The lowest BCUT2D eigenvalue weighted by molar-refractivity contribution is -0.0234. The summed E-state index contributed by atoms with van der Waals surface area (Å²) in [5, 5.41) is 0. The van der Waals surface area contributed by atoms with Crippen molar-refractivity contribution in [3.63, 3.8) is 0 Å². The first-order valence-electron chi connectivity index (χ1n) is 4.42. The molecule has 15 heavy (non-hydrogen) atoms. The number of hydrogen-bond donors (Lipinski definition) is 1. The first-order valence-corrected chi connectivity index (χ1v) is 5.21. The van der Waals surface area contributed by atoms with E-state index in [9.17, 15) is 8.78 Å². The summed E-state index contributed by atoms with van der Waals surface area (Å²) in [6.07, 6.45) is 0. The molecule has 5 heteroatoms. The quantitative estimate of drug-likeness (QED) is 0.920. The fraction of sp³-hybridized carbons (Fsp3) is 0.400. The van der Waals surface area contributed by atoms with Crippen molar-refractivity contribution in [1.82, 2.24) is 0 Å². The van der Waals surface area contributed by atoms with Crippen molar-refractivity contribution < 1.29 is 13.5 Å². The molecule has 0 saturated heterocycles. The van der Waals surface area contributed by atoms with Gasteiger partial charge in [-0.1, -0.05) is 12.1 Å². The SMILES string of the molecule is CC(F)(F)COc1c(Br)cccc1CN. The van der Waals surface area contributed by atoms with Gasteiger partial charge >= 0.3 is 0 Å². The molecule has 84 valence electrons. The molecule has 0 aromatic heterocycles. The minimum absolute atomic E-state index is 0.254. The predicted octanol–water partition coefficient (Wildman–Crippen LogP) is 2.94. The van der Waals surface area contributed by atoms with Crippen LogP contribution in [0.5, 0.6) is 5.75 Å². The van der Waals surface area contributed by atoms with Gasteiger partial charge in [-0.25, -0.2) is 8.78 Å². The predicted molar refractivity (Wildman–Crippen MR) is 58.1 cm³/mol. The van der Waals surface area contributed by atoms with E-state index in [1.165, 1.54) is 0 Å². The zero-order valence-electron chi connectivity index (χ0n) is 8.27. The molecule has 0 amide bonds. The number of alkyl halides is 2. The second-order valence-corrected chi connectivity index (χ2v) is 4.15. The van der Waals surface area contributed by atoms with Gasteiger partial charge in [-0.2, -0.15) is 0 Å². The van der Waals surface area contributed by atoms with Crippen LogP contribution in [0.2, 0.25) is 0 Å². The van der Waals surface area contributed by atoms with Crippen molar-refractivity contribution in [2.75, 3.05) is 6.61 Å². The van der Waals surface area contributed by atoms with E-state index in [0.29, 0.717) is 15.8 Å². The Labute approximate surface area is 95.5 Å². The molecule has 1 aromatic carbocycles. The fourth-order valence-electron chi connectivity index (χ4n) is 1.07. The summed E-state index contributed by atoms with van der Waals surface area (Å²) in [5.74, 6) is -2.46. The van der Waals surface area contributed by atoms with E-state index in [1.807, 2.05) is 0 Å². The van der Waals surface area contributed by atoms with Crippen LogP contribution in [-0.4, -0.2) is 12.5 Å². The monoisotopic (exact) mass is 279 g/mol. The van der Waals surface area contributed by atoms with Crippen molar-refractivity contribution in [3.8, 4) is 5.75 Å². The Bertz CT molecular complexity index is 339. The van der Waals surface area contributed by atoms with Gasteiger partial charge < -0.3 is 10.5 Å². The van der Waals surface area contributed by atoms with Gasteiger partial charge in [0, 0.05) is 19.0 Å². The highest BCUT2D eigenvalue weighted by Gasteiger charge is 2.23. The van der Waals surface area contributed by atoms with Crippen molar-refractivity contribution >= 4 is 15.9 Å². The third-order valence-electron chi connectivity index (χ3n) is 1.74. The van der Waals surface area contributed by atoms with E-state index < -0.39 is 12.5 Å². The molecule has 1 aromatic rings. The Morgan fingerprint density at radius 2 is 2.13 bits per heavy atom. The molecule has 0 atom stereocenters. The van der Waals surface area contributed by atoms with Crippen LogP contribution in [-0.2, 0) is 6.54 Å². The molecule has 0 saturated carbocycles. The molecule has 0 heterocycles. The molecule has 0 unspecified atom stereocenters. The number of hydrogen-bond acceptors (Lipinski definition) is 2. The van der Waals surface area contributed by atoms with E-state index in [0.717, 1.165) is 6.92 Å². The lowest BCUT2D eigenvalue weighted by Gasteiger charge is -2.15. The zero-order valence-corrected chi connectivity index (χ0v) is 9.85. The number of halogens is 3. The second-order valence-electron chi connectivity index (χ2n) is 3.29. The number of para-hydroxylation sites is 1. The van der Waals surface area contributed by atoms with Crippen LogP contribution in [0.3, 0.4) is 0 Å². The maximum absolute atomic E-state index is 12.6. The van der Waals surface area contributed by atoms with E-state index >= 15 is 0 Å². The highest BCUT2D eigenvalue weighted by Crippen LogP contribution is 2.30. The van der Waals surface area contributed by atoms with Crippen LogP contribution < -0.4 is 10.5 Å². The van der Waals surface area contributed by atoms with Crippen molar-refractivity contribution in [2.24, 2.45) is 5.73 Å². The lowest BCUT2D eigenvalue weighted by atomic mass is 10.2. The fourth-order valence-corrected chi connectivity index (χ4v) is 1.60. The molecule has 0 aliphatic heterocycles. The Balaban J connectivity index is 2.83. The van der Waals surface area contributed by atoms with Gasteiger partial charge in [0.05, 0.1) is 4.47 Å². The summed E-state index contributed by atoms with van der Waals surface area (Å²) in [4.78, 5) is 0. The van der Waals surface area contributed by atoms with Crippen molar-refractivity contribution in [2.45, 2.75) is 19.4 Å². The van der Waals surface area contributed by atoms with Crippen molar-refractivity contribution in [1.29, 1.82) is 0 Å². The highest BCUT2D eigenvalue weighted by molar-refractivity contribution is 9.10. The number of benzene rings is 1. The summed E-state index contributed by atoms with van der Waals surface area (Å²) >= 11 is 3.23. The molecular formula is C10H12BrF2NO. The average Bonchev–Trinajstić information content (AvgIpc) is 2.14. The minimum Gasteiger partial charge on any atom is -0.486 e. The smallest absolute Gasteiger partial charge is 0.278 e. The molecule has 0 aliphatic carbocycles. The molecule has 0 radical (unpaired) electrons. The van der Waals surface area contributed by atoms with E-state index in [-0.39, 0.29) is 6.54 Å².